The van der Waals surface area contributed by atoms with Gasteiger partial charge < -0.3 is 15.8 Å². The molecule has 16 heavy (non-hydrogen) atoms. The molecule has 0 aliphatic carbocycles. The molecule has 0 aliphatic rings. The second kappa shape index (κ2) is 6.70. The summed E-state index contributed by atoms with van der Waals surface area (Å²) in [6.45, 7) is 4.47. The van der Waals surface area contributed by atoms with E-state index in [1.165, 1.54) is 0 Å². The van der Waals surface area contributed by atoms with Crippen molar-refractivity contribution in [2.45, 2.75) is 13.8 Å². The molecule has 0 amide bonds. The van der Waals surface area contributed by atoms with E-state index in [1.54, 1.807) is 6.92 Å². The van der Waals surface area contributed by atoms with Crippen LogP contribution < -0.4 is 5.73 Å². The minimum absolute atomic E-state index is 0.0978. The predicted octanol–water partition coefficient (Wildman–Crippen LogP) is -0.265. The summed E-state index contributed by atoms with van der Waals surface area (Å²) in [6, 6.07) is 0. The first-order chi connectivity index (χ1) is 7.32. The molecule has 0 spiro atoms. The van der Waals surface area contributed by atoms with Crippen LogP contribution in [0.4, 0.5) is 0 Å². The quantitative estimate of drug-likeness (QED) is 0.281. The number of oxime groups is 1. The van der Waals surface area contributed by atoms with Crippen molar-refractivity contribution in [3.8, 4) is 0 Å². The third-order valence-corrected chi connectivity index (χ3v) is 4.11. The molecule has 0 aromatic heterocycles. The summed E-state index contributed by atoms with van der Waals surface area (Å²) >= 11 is 0. The molecular weight excluding hydrogens is 230 g/mol. The molecule has 0 heterocycles. The molecule has 0 aromatic carbocycles. The lowest BCUT2D eigenvalue weighted by atomic mass is 10.1. The van der Waals surface area contributed by atoms with Crippen molar-refractivity contribution in [2.75, 3.05) is 31.6 Å². The van der Waals surface area contributed by atoms with Crippen molar-refractivity contribution >= 4 is 15.7 Å². The van der Waals surface area contributed by atoms with E-state index in [4.69, 9.17) is 10.9 Å². The largest absolute Gasteiger partial charge is 0.409 e. The fourth-order valence-electron chi connectivity index (χ4n) is 1.19. The van der Waals surface area contributed by atoms with Gasteiger partial charge in [0.05, 0.1) is 5.75 Å². The molecule has 0 rings (SSSR count). The molecule has 1 atom stereocenters. The maximum atomic E-state index is 11.3. The van der Waals surface area contributed by atoms with Gasteiger partial charge in [-0.1, -0.05) is 19.0 Å². The second-order valence-electron chi connectivity index (χ2n) is 3.92. The minimum Gasteiger partial charge on any atom is -0.409 e. The maximum Gasteiger partial charge on any atom is 0.151 e. The summed E-state index contributed by atoms with van der Waals surface area (Å²) < 4.78 is 22.5. The van der Waals surface area contributed by atoms with E-state index in [0.29, 0.717) is 13.1 Å². The van der Waals surface area contributed by atoms with Gasteiger partial charge in [-0.2, -0.15) is 0 Å². The Bertz CT molecular complexity index is 327. The topological polar surface area (TPSA) is 96.0 Å². The molecule has 0 saturated heterocycles. The molecule has 96 valence electrons. The van der Waals surface area contributed by atoms with Crippen LogP contribution in [0.25, 0.3) is 0 Å². The van der Waals surface area contributed by atoms with Crippen LogP contribution in [-0.4, -0.2) is 56.0 Å². The lowest BCUT2D eigenvalue weighted by Crippen LogP contribution is -2.35. The molecule has 0 saturated carbocycles. The zero-order valence-electron chi connectivity index (χ0n) is 10.0. The Morgan fingerprint density at radius 3 is 2.56 bits per heavy atom. The SMILES string of the molecule is CCS(=O)(=O)CCN(C)CC(C)C(N)=NO. The summed E-state index contributed by atoms with van der Waals surface area (Å²) in [5.74, 6) is 0.365. The van der Waals surface area contributed by atoms with Crippen molar-refractivity contribution in [3.63, 3.8) is 0 Å². The Balaban J connectivity index is 4.06. The van der Waals surface area contributed by atoms with Gasteiger partial charge in [0.25, 0.3) is 0 Å². The van der Waals surface area contributed by atoms with Gasteiger partial charge in [0, 0.05) is 24.8 Å². The molecule has 0 fully saturated rings. The molecule has 1 unspecified atom stereocenters. The molecule has 0 radical (unpaired) electrons. The number of amidine groups is 1. The van der Waals surface area contributed by atoms with Gasteiger partial charge in [-0.25, -0.2) is 8.42 Å². The van der Waals surface area contributed by atoms with Gasteiger partial charge in [-0.15, -0.1) is 0 Å². The predicted molar refractivity (Wildman–Crippen MR) is 64.4 cm³/mol. The smallest absolute Gasteiger partial charge is 0.151 e. The van der Waals surface area contributed by atoms with Crippen LogP contribution in [0.2, 0.25) is 0 Å². The highest BCUT2D eigenvalue weighted by molar-refractivity contribution is 7.91. The zero-order valence-corrected chi connectivity index (χ0v) is 10.9. The Morgan fingerprint density at radius 1 is 1.56 bits per heavy atom. The van der Waals surface area contributed by atoms with Gasteiger partial charge >= 0.3 is 0 Å². The maximum absolute atomic E-state index is 11.3. The molecule has 6 nitrogen and oxygen atoms in total. The van der Waals surface area contributed by atoms with E-state index in [-0.39, 0.29) is 23.3 Å². The lowest BCUT2D eigenvalue weighted by Gasteiger charge is -2.20. The number of hydrogen-bond acceptors (Lipinski definition) is 5. The van der Waals surface area contributed by atoms with E-state index < -0.39 is 9.84 Å². The average molecular weight is 251 g/mol. The Hall–Kier alpha value is -0.820. The first-order valence-electron chi connectivity index (χ1n) is 5.18. The van der Waals surface area contributed by atoms with Crippen molar-refractivity contribution < 1.29 is 13.6 Å². The highest BCUT2D eigenvalue weighted by Crippen LogP contribution is 1.99. The van der Waals surface area contributed by atoms with E-state index in [2.05, 4.69) is 5.16 Å². The normalized spacial score (nSPS) is 15.4. The molecule has 0 aliphatic heterocycles. The monoisotopic (exact) mass is 251 g/mol. The molecule has 7 heteroatoms. The fraction of sp³-hybridized carbons (Fsp3) is 0.889. The first-order valence-corrected chi connectivity index (χ1v) is 7.01. The Morgan fingerprint density at radius 2 is 2.12 bits per heavy atom. The highest BCUT2D eigenvalue weighted by atomic mass is 32.2. The summed E-state index contributed by atoms with van der Waals surface area (Å²) in [4.78, 5) is 1.86. The number of hydrogen-bond donors (Lipinski definition) is 2. The third-order valence-electron chi connectivity index (χ3n) is 2.43. The van der Waals surface area contributed by atoms with Crippen molar-refractivity contribution in [3.05, 3.63) is 0 Å². The number of rotatable bonds is 7. The average Bonchev–Trinajstić information content (AvgIpc) is 2.25. The fourth-order valence-corrected chi connectivity index (χ4v) is 2.07. The summed E-state index contributed by atoms with van der Waals surface area (Å²) in [6.07, 6.45) is 0. The molecule has 3 N–H and O–H groups in total. The van der Waals surface area contributed by atoms with Gasteiger partial charge in [0.1, 0.15) is 5.84 Å². The number of nitrogens with two attached hydrogens (primary N) is 1. The van der Waals surface area contributed by atoms with Crippen LogP contribution in [0.5, 0.6) is 0 Å². The highest BCUT2D eigenvalue weighted by Gasteiger charge is 2.13. The number of sulfone groups is 1. The van der Waals surface area contributed by atoms with Crippen LogP contribution in [-0.2, 0) is 9.84 Å². The molecule has 0 aromatic rings. The second-order valence-corrected chi connectivity index (χ2v) is 6.40. The van der Waals surface area contributed by atoms with E-state index in [9.17, 15) is 8.42 Å². The van der Waals surface area contributed by atoms with Crippen LogP contribution in [0, 0.1) is 5.92 Å². The Kier molecular flexibility index (Phi) is 6.35. The van der Waals surface area contributed by atoms with Crippen molar-refractivity contribution in [1.82, 2.24) is 4.90 Å². The van der Waals surface area contributed by atoms with Crippen LogP contribution in [0.3, 0.4) is 0 Å². The van der Waals surface area contributed by atoms with Gasteiger partial charge in [-0.05, 0) is 7.05 Å². The van der Waals surface area contributed by atoms with E-state index in [1.807, 2.05) is 18.9 Å². The summed E-state index contributed by atoms with van der Waals surface area (Å²) in [5, 5.41) is 11.4. The summed E-state index contributed by atoms with van der Waals surface area (Å²) in [5.41, 5.74) is 5.43. The van der Waals surface area contributed by atoms with Crippen LogP contribution in [0.1, 0.15) is 13.8 Å². The van der Waals surface area contributed by atoms with Crippen molar-refractivity contribution in [2.24, 2.45) is 16.8 Å². The standard InChI is InChI=1S/C9H21N3O3S/c1-4-16(14,15)6-5-12(3)7-8(2)9(10)11-13/h8,13H,4-7H2,1-3H3,(H2,10,11). The van der Waals surface area contributed by atoms with Crippen LogP contribution in [0.15, 0.2) is 5.16 Å². The molecular formula is C9H21N3O3S. The summed E-state index contributed by atoms with van der Waals surface area (Å²) in [7, 11) is -1.12. The minimum atomic E-state index is -2.93. The van der Waals surface area contributed by atoms with E-state index in [0.717, 1.165) is 0 Å². The first kappa shape index (κ1) is 15.2. The zero-order chi connectivity index (χ0) is 12.8. The van der Waals surface area contributed by atoms with Gasteiger partial charge in [0.15, 0.2) is 9.84 Å². The van der Waals surface area contributed by atoms with Crippen molar-refractivity contribution in [1.29, 1.82) is 0 Å². The third kappa shape index (κ3) is 5.92. The number of nitrogens with zero attached hydrogens (tertiary/aromatic N) is 2. The van der Waals surface area contributed by atoms with Crippen LogP contribution >= 0.6 is 0 Å². The molecule has 0 bridgehead atoms. The van der Waals surface area contributed by atoms with E-state index >= 15 is 0 Å². The van der Waals surface area contributed by atoms with Gasteiger partial charge in [-0.3, -0.25) is 0 Å². The Labute approximate surface area is 97.0 Å². The van der Waals surface area contributed by atoms with Gasteiger partial charge in [0.2, 0.25) is 0 Å². The lowest BCUT2D eigenvalue weighted by molar-refractivity contribution is 0.301.